The Morgan fingerprint density at radius 1 is 1.12 bits per heavy atom. The average Bonchev–Trinajstić information content (AvgIpc) is 2.95. The first-order valence-corrected chi connectivity index (χ1v) is 8.04. The number of aryl methyl sites for hydroxylation is 1. The fourth-order valence-corrected chi connectivity index (χ4v) is 2.57. The van der Waals surface area contributed by atoms with Crippen molar-refractivity contribution in [3.63, 3.8) is 0 Å². The number of nitrogens with zero attached hydrogens (tertiary/aromatic N) is 6. The monoisotopic (exact) mass is 337 g/mol. The number of hydrogen-bond donors (Lipinski definition) is 1. The fraction of sp³-hybridized carbons (Fsp3) is 0.0769. The van der Waals surface area contributed by atoms with Crippen molar-refractivity contribution in [1.29, 1.82) is 0 Å². The average molecular weight is 337 g/mol. The number of sulfonamides is 1. The van der Waals surface area contributed by atoms with Gasteiger partial charge in [0.1, 0.15) is 0 Å². The number of nitrogens with one attached hydrogen (secondary N) is 1. The summed E-state index contributed by atoms with van der Waals surface area (Å²) in [6.07, 6.45) is 0. The molecule has 9 nitrogen and oxygen atoms in total. The Balaban J connectivity index is 0.00000208. The van der Waals surface area contributed by atoms with Crippen LogP contribution >= 0.6 is 0 Å². The van der Waals surface area contributed by atoms with Gasteiger partial charge in [0.25, 0.3) is 10.0 Å². The van der Waals surface area contributed by atoms with E-state index in [4.69, 9.17) is 0 Å². The molecule has 0 bridgehead atoms. The first-order chi connectivity index (χ1) is 11.1. The number of para-hydroxylation sites is 1. The van der Waals surface area contributed by atoms with Crippen molar-refractivity contribution in [2.24, 2.45) is 10.4 Å². The molecule has 0 atom stereocenters. The third kappa shape index (κ3) is 3.91. The molecule has 11 heteroatoms. The van der Waals surface area contributed by atoms with E-state index in [2.05, 4.69) is 26.3 Å². The minimum absolute atomic E-state index is 0. The van der Waals surface area contributed by atoms with E-state index in [1.165, 1.54) is 12.1 Å². The van der Waals surface area contributed by atoms with Gasteiger partial charge in [0.15, 0.2) is 0 Å². The van der Waals surface area contributed by atoms with E-state index in [0.717, 1.165) is 10.4 Å². The molecule has 0 fully saturated rings. The molecule has 0 saturated carbocycles. The minimum atomic E-state index is -3.78. The van der Waals surface area contributed by atoms with Gasteiger partial charge in [-0.15, -0.1) is 0 Å². The molecule has 1 aromatic heterocycles. The summed E-state index contributed by atoms with van der Waals surface area (Å²) in [4.78, 5) is 3.22. The van der Waals surface area contributed by atoms with Crippen LogP contribution in [0.4, 0.5) is 0 Å². The number of aromatic nitrogens is 3. The van der Waals surface area contributed by atoms with Crippen LogP contribution in [0.25, 0.3) is 16.6 Å². The van der Waals surface area contributed by atoms with E-state index in [0.29, 0.717) is 11.0 Å². The Morgan fingerprint density at radius 3 is 2.58 bits per heavy atom. The maximum atomic E-state index is 12.0. The van der Waals surface area contributed by atoms with E-state index in [1.807, 2.05) is 17.8 Å². The van der Waals surface area contributed by atoms with E-state index in [1.54, 1.807) is 30.3 Å². The Hall–Kier alpha value is -2.41. The van der Waals surface area contributed by atoms with Crippen molar-refractivity contribution >= 4 is 21.1 Å². The molecule has 0 amide bonds. The summed E-state index contributed by atoms with van der Waals surface area (Å²) < 4.78 is 24.0. The van der Waals surface area contributed by atoms with E-state index in [-0.39, 0.29) is 23.8 Å². The summed E-state index contributed by atoms with van der Waals surface area (Å²) in [6, 6.07) is 13.5. The van der Waals surface area contributed by atoms with Crippen molar-refractivity contribution in [2.45, 2.75) is 11.8 Å². The zero-order valence-electron chi connectivity index (χ0n) is 13.0. The van der Waals surface area contributed by atoms with Crippen molar-refractivity contribution in [3.05, 3.63) is 59.6 Å². The van der Waals surface area contributed by atoms with Gasteiger partial charge >= 0.3 is 18.9 Å². The Bertz CT molecular complexity index is 954. The maximum absolute atomic E-state index is 12.0. The molecule has 0 aliphatic carbocycles. The van der Waals surface area contributed by atoms with Gasteiger partial charge in [0.2, 0.25) is 0 Å². The van der Waals surface area contributed by atoms with Gasteiger partial charge < -0.3 is 0 Å². The second-order valence-electron chi connectivity index (χ2n) is 4.65. The number of benzene rings is 2. The van der Waals surface area contributed by atoms with Crippen LogP contribution in [0.5, 0.6) is 0 Å². The minimum Gasteiger partial charge on any atom is -0.244 e. The van der Waals surface area contributed by atoms with E-state index >= 15 is 0 Å². The molecule has 0 radical (unpaired) electrons. The smallest absolute Gasteiger partial charge is 0.244 e. The zero-order chi connectivity index (χ0) is 16.3. The van der Waals surface area contributed by atoms with Crippen LogP contribution in [0.3, 0.4) is 0 Å². The van der Waals surface area contributed by atoms with Crippen molar-refractivity contribution < 1.29 is 27.3 Å². The van der Waals surface area contributed by atoms with Gasteiger partial charge in [-0.2, -0.15) is 21.2 Å². The summed E-state index contributed by atoms with van der Waals surface area (Å²) in [5, 5.41) is 14.4. The van der Waals surface area contributed by atoms with Gasteiger partial charge in [0.05, 0.1) is 15.9 Å². The van der Waals surface area contributed by atoms with Crippen LogP contribution in [0, 0.1) is 6.92 Å². The third-order valence-electron chi connectivity index (χ3n) is 3.00. The SMILES string of the molecule is Cc1ccc(S(=O)(=O)N/N=N/[N-]n2nnc3ccccc32)cc1.[Li+]. The number of rotatable bonds is 5. The van der Waals surface area contributed by atoms with Crippen molar-refractivity contribution in [2.75, 3.05) is 0 Å². The maximum Gasteiger partial charge on any atom is 1.00 e. The summed E-state index contributed by atoms with van der Waals surface area (Å²) in [5.74, 6) is 0. The van der Waals surface area contributed by atoms with Gasteiger partial charge in [-0.3, -0.25) is 0 Å². The Morgan fingerprint density at radius 2 is 1.83 bits per heavy atom. The molecule has 0 aliphatic rings. The van der Waals surface area contributed by atoms with Crippen LogP contribution in [-0.4, -0.2) is 23.5 Å². The first kappa shape index (κ1) is 17.9. The molecule has 1 N–H and O–H groups in total. The third-order valence-corrected chi connectivity index (χ3v) is 4.21. The Kier molecular flexibility index (Phi) is 5.56. The molecule has 1 heterocycles. The fourth-order valence-electron chi connectivity index (χ4n) is 1.82. The summed E-state index contributed by atoms with van der Waals surface area (Å²) in [6.45, 7) is 1.87. The first-order valence-electron chi connectivity index (χ1n) is 6.56. The van der Waals surface area contributed by atoms with Gasteiger partial charge in [-0.1, -0.05) is 29.8 Å². The Labute approximate surface area is 150 Å². The molecule has 0 saturated heterocycles. The zero-order valence-corrected chi connectivity index (χ0v) is 13.8. The molecule has 118 valence electrons. The van der Waals surface area contributed by atoms with Gasteiger partial charge in [-0.05, 0) is 31.2 Å². The van der Waals surface area contributed by atoms with Crippen LogP contribution < -0.4 is 23.7 Å². The summed E-state index contributed by atoms with van der Waals surface area (Å²) in [5.41, 5.74) is 5.91. The molecule has 0 unspecified atom stereocenters. The largest absolute Gasteiger partial charge is 1.00 e. The predicted molar refractivity (Wildman–Crippen MR) is 82.6 cm³/mol. The van der Waals surface area contributed by atoms with E-state index in [9.17, 15) is 8.42 Å². The second kappa shape index (κ2) is 7.44. The molecular weight excluding hydrogens is 325 g/mol. The van der Waals surface area contributed by atoms with Crippen LogP contribution in [-0.2, 0) is 10.0 Å². The van der Waals surface area contributed by atoms with Crippen molar-refractivity contribution in [3.8, 4) is 0 Å². The molecule has 24 heavy (non-hydrogen) atoms. The normalized spacial score (nSPS) is 11.4. The van der Waals surface area contributed by atoms with Crippen molar-refractivity contribution in [1.82, 2.24) is 19.9 Å². The quantitative estimate of drug-likeness (QED) is 0.370. The molecule has 3 aromatic rings. The second-order valence-corrected chi connectivity index (χ2v) is 6.32. The van der Waals surface area contributed by atoms with Crippen LogP contribution in [0.2, 0.25) is 0 Å². The number of hydrogen-bond acceptors (Lipinski definition) is 6. The van der Waals surface area contributed by atoms with E-state index < -0.39 is 10.0 Å². The molecule has 0 aliphatic heterocycles. The molecule has 2 aromatic carbocycles. The van der Waals surface area contributed by atoms with Gasteiger partial charge in [-0.25, -0.2) is 23.1 Å². The standard InChI is InChI=1S/C13H12N7O2S.Li/c1-10-6-8-11(9-7-10)23(21,22)19-16-15-18-20-13-5-3-2-4-12(13)14-17-20;/h2-9H,1H3,(H-,15,16,18,19);/q-1;+1. The molecule has 3 rings (SSSR count). The molecule has 0 spiro atoms. The van der Waals surface area contributed by atoms with Crippen LogP contribution in [0.15, 0.2) is 63.9 Å². The molecular formula is C13H12LiN7O2S. The summed E-state index contributed by atoms with van der Waals surface area (Å²) >= 11 is 0. The number of fused-ring (bicyclic) bond motifs is 1. The summed E-state index contributed by atoms with van der Waals surface area (Å²) in [7, 11) is -3.78. The topological polar surface area (TPSA) is 116 Å². The predicted octanol–water partition coefficient (Wildman–Crippen LogP) is -0.859. The van der Waals surface area contributed by atoms with Gasteiger partial charge in [0, 0.05) is 0 Å². The van der Waals surface area contributed by atoms with Crippen LogP contribution in [0.1, 0.15) is 5.56 Å².